The quantitative estimate of drug-likeness (QED) is 0.852. The lowest BCUT2D eigenvalue weighted by molar-refractivity contribution is -0.136. The number of esters is 1. The second kappa shape index (κ2) is 6.29. The minimum atomic E-state index is -0.308. The maximum absolute atomic E-state index is 12.4. The van der Waals surface area contributed by atoms with Crippen LogP contribution >= 0.6 is 0 Å². The average Bonchev–Trinajstić information content (AvgIpc) is 3.05. The summed E-state index contributed by atoms with van der Waals surface area (Å²) in [5, 5.41) is 3.31. The van der Waals surface area contributed by atoms with E-state index in [9.17, 15) is 4.79 Å². The summed E-state index contributed by atoms with van der Waals surface area (Å²) in [5.74, 6) is 1.49. The highest BCUT2D eigenvalue weighted by Crippen LogP contribution is 2.49. The Hall–Kier alpha value is -3.15. The largest absolute Gasteiger partial charge is 0.497 e. The van der Waals surface area contributed by atoms with Gasteiger partial charge in [0.2, 0.25) is 0 Å². The van der Waals surface area contributed by atoms with Gasteiger partial charge in [-0.05, 0) is 17.7 Å². The van der Waals surface area contributed by atoms with E-state index in [1.165, 1.54) is 0 Å². The Bertz CT molecular complexity index is 901. The van der Waals surface area contributed by atoms with Crippen molar-refractivity contribution in [2.45, 2.75) is 5.92 Å². The van der Waals surface area contributed by atoms with Crippen molar-refractivity contribution in [3.63, 3.8) is 0 Å². The molecule has 0 radical (unpaired) electrons. The molecule has 4 rings (SSSR count). The van der Waals surface area contributed by atoms with Crippen molar-refractivity contribution in [3.05, 3.63) is 58.8 Å². The summed E-state index contributed by atoms with van der Waals surface area (Å²) in [7, 11) is 4.84. The highest BCUT2D eigenvalue weighted by molar-refractivity contribution is 5.97. The molecule has 134 valence electrons. The fourth-order valence-corrected chi connectivity index (χ4v) is 3.54. The van der Waals surface area contributed by atoms with E-state index in [0.29, 0.717) is 17.1 Å². The van der Waals surface area contributed by atoms with Gasteiger partial charge in [0.25, 0.3) is 0 Å². The lowest BCUT2D eigenvalue weighted by Gasteiger charge is -2.29. The number of carbonyl (C=O) groups is 1. The minimum absolute atomic E-state index is 0.236. The molecule has 0 saturated heterocycles. The summed E-state index contributed by atoms with van der Waals surface area (Å²) in [6, 6.07) is 11.4. The molecule has 0 aromatic heterocycles. The molecule has 1 atom stereocenters. The molecule has 26 heavy (non-hydrogen) atoms. The Morgan fingerprint density at radius 1 is 1.00 bits per heavy atom. The van der Waals surface area contributed by atoms with Gasteiger partial charge in [0.05, 0.1) is 32.6 Å². The highest BCUT2D eigenvalue weighted by Gasteiger charge is 2.40. The maximum Gasteiger partial charge on any atom is 0.337 e. The number of benzene rings is 2. The van der Waals surface area contributed by atoms with Crippen molar-refractivity contribution in [2.24, 2.45) is 0 Å². The van der Waals surface area contributed by atoms with Crippen LogP contribution < -0.4 is 19.5 Å². The number of fused-ring (bicyclic) bond motifs is 1. The van der Waals surface area contributed by atoms with Gasteiger partial charge >= 0.3 is 5.97 Å². The fraction of sp³-hybridized carbons (Fsp3) is 0.250. The van der Waals surface area contributed by atoms with Crippen molar-refractivity contribution < 1.29 is 23.7 Å². The van der Waals surface area contributed by atoms with Gasteiger partial charge in [-0.2, -0.15) is 0 Å². The number of nitrogens with one attached hydrogen (secondary N) is 1. The van der Waals surface area contributed by atoms with E-state index in [4.69, 9.17) is 18.9 Å². The van der Waals surface area contributed by atoms with Crippen LogP contribution in [0.15, 0.2) is 47.7 Å². The van der Waals surface area contributed by atoms with Gasteiger partial charge < -0.3 is 24.3 Å². The molecule has 1 N–H and O–H groups in total. The van der Waals surface area contributed by atoms with Crippen LogP contribution in [-0.4, -0.2) is 33.9 Å². The first-order chi connectivity index (χ1) is 12.7. The van der Waals surface area contributed by atoms with Crippen molar-refractivity contribution in [2.75, 3.05) is 33.3 Å². The zero-order valence-corrected chi connectivity index (χ0v) is 14.8. The molecule has 2 aromatic rings. The molecule has 2 aromatic carbocycles. The molecule has 6 nitrogen and oxygen atoms in total. The summed E-state index contributed by atoms with van der Waals surface area (Å²) < 4.78 is 21.5. The smallest absolute Gasteiger partial charge is 0.337 e. The Morgan fingerprint density at radius 2 is 1.73 bits per heavy atom. The van der Waals surface area contributed by atoms with E-state index in [-0.39, 0.29) is 18.5 Å². The molecule has 0 fully saturated rings. The number of rotatable bonds is 4. The lowest BCUT2D eigenvalue weighted by atomic mass is 9.80. The Morgan fingerprint density at radius 3 is 2.38 bits per heavy atom. The number of methoxy groups -OCH3 is 3. The van der Waals surface area contributed by atoms with Crippen LogP contribution in [0.5, 0.6) is 17.2 Å². The zero-order chi connectivity index (χ0) is 18.3. The van der Waals surface area contributed by atoms with Gasteiger partial charge in [0.15, 0.2) is 0 Å². The van der Waals surface area contributed by atoms with E-state index >= 15 is 0 Å². The van der Waals surface area contributed by atoms with Crippen molar-refractivity contribution in [1.29, 1.82) is 0 Å². The molecule has 0 saturated carbocycles. The molecule has 1 unspecified atom stereocenters. The topological polar surface area (TPSA) is 66.0 Å². The van der Waals surface area contributed by atoms with E-state index in [1.807, 2.05) is 36.4 Å². The fourth-order valence-electron chi connectivity index (χ4n) is 3.54. The monoisotopic (exact) mass is 353 g/mol. The molecule has 6 heteroatoms. The van der Waals surface area contributed by atoms with E-state index in [0.717, 1.165) is 28.3 Å². The summed E-state index contributed by atoms with van der Waals surface area (Å²) in [6.45, 7) is 0.236. The normalized spacial score (nSPS) is 17.8. The molecule has 0 aliphatic carbocycles. The van der Waals surface area contributed by atoms with Crippen LogP contribution in [-0.2, 0) is 9.53 Å². The van der Waals surface area contributed by atoms with Crippen LogP contribution in [0.3, 0.4) is 0 Å². The summed E-state index contributed by atoms with van der Waals surface area (Å²) in [4.78, 5) is 12.4. The molecular formula is C20H19NO5. The first-order valence-corrected chi connectivity index (χ1v) is 8.23. The average molecular weight is 353 g/mol. The lowest BCUT2D eigenvalue weighted by Crippen LogP contribution is -2.20. The molecule has 2 aliphatic heterocycles. The van der Waals surface area contributed by atoms with Gasteiger partial charge in [0, 0.05) is 29.3 Å². The molecular weight excluding hydrogens is 334 g/mol. The van der Waals surface area contributed by atoms with Crippen molar-refractivity contribution >= 4 is 11.7 Å². The van der Waals surface area contributed by atoms with E-state index < -0.39 is 0 Å². The van der Waals surface area contributed by atoms with Crippen LogP contribution in [0.1, 0.15) is 17.0 Å². The highest BCUT2D eigenvalue weighted by atomic mass is 16.5. The third kappa shape index (κ3) is 2.45. The maximum atomic E-state index is 12.4. The number of cyclic esters (lactones) is 1. The summed E-state index contributed by atoms with van der Waals surface area (Å²) in [5.41, 5.74) is 4.09. The Kier molecular flexibility index (Phi) is 3.95. The SMILES string of the molecule is COc1ccc(C2C3=C(COC3=O)Nc3cc(OC)cc(OC)c32)cc1. The number of hydrogen-bond donors (Lipinski definition) is 1. The number of hydrogen-bond acceptors (Lipinski definition) is 6. The zero-order valence-electron chi connectivity index (χ0n) is 14.8. The van der Waals surface area contributed by atoms with Crippen molar-refractivity contribution in [3.8, 4) is 17.2 Å². The molecule has 0 bridgehead atoms. The number of carbonyl (C=O) groups excluding carboxylic acids is 1. The van der Waals surface area contributed by atoms with Gasteiger partial charge in [-0.25, -0.2) is 4.79 Å². The molecule has 2 heterocycles. The van der Waals surface area contributed by atoms with E-state index in [2.05, 4.69) is 5.32 Å². The van der Waals surface area contributed by atoms with Crippen LogP contribution in [0.4, 0.5) is 5.69 Å². The molecule has 0 amide bonds. The van der Waals surface area contributed by atoms with Gasteiger partial charge in [-0.15, -0.1) is 0 Å². The summed E-state index contributed by atoms with van der Waals surface area (Å²) >= 11 is 0. The van der Waals surface area contributed by atoms with Crippen LogP contribution in [0.25, 0.3) is 0 Å². The molecule has 2 aliphatic rings. The first kappa shape index (κ1) is 16.3. The Labute approximate surface area is 151 Å². The van der Waals surface area contributed by atoms with Crippen molar-refractivity contribution in [1.82, 2.24) is 0 Å². The predicted molar refractivity (Wildman–Crippen MR) is 96.0 cm³/mol. The Balaban J connectivity index is 1.93. The second-order valence-electron chi connectivity index (χ2n) is 6.09. The number of ether oxygens (including phenoxy) is 4. The minimum Gasteiger partial charge on any atom is -0.497 e. The standard InChI is InChI=1S/C20H19NO5/c1-23-12-6-4-11(5-7-12)17-18-14(8-13(24-2)9-16(18)25-3)21-15-10-26-20(22)19(15)17/h4-9,17,21H,10H2,1-3H3. The molecule has 0 spiro atoms. The third-order valence-electron chi connectivity index (χ3n) is 4.78. The van der Waals surface area contributed by atoms with Crippen LogP contribution in [0, 0.1) is 0 Å². The van der Waals surface area contributed by atoms with Gasteiger partial charge in [-0.3, -0.25) is 0 Å². The van der Waals surface area contributed by atoms with E-state index in [1.54, 1.807) is 21.3 Å². The summed E-state index contributed by atoms with van der Waals surface area (Å²) in [6.07, 6.45) is 0. The predicted octanol–water partition coefficient (Wildman–Crippen LogP) is 3.08. The van der Waals surface area contributed by atoms with Gasteiger partial charge in [-0.1, -0.05) is 12.1 Å². The second-order valence-corrected chi connectivity index (χ2v) is 6.09. The van der Waals surface area contributed by atoms with Crippen LogP contribution in [0.2, 0.25) is 0 Å². The first-order valence-electron chi connectivity index (χ1n) is 8.23. The third-order valence-corrected chi connectivity index (χ3v) is 4.78. The van der Waals surface area contributed by atoms with Gasteiger partial charge in [0.1, 0.15) is 23.9 Å². The number of anilines is 1.